The average Bonchev–Trinajstić information content (AvgIpc) is 2.79. The number of fused-ring (bicyclic) bond motifs is 1. The van der Waals surface area contributed by atoms with E-state index in [0.29, 0.717) is 30.6 Å². The molecule has 1 aliphatic heterocycles. The van der Waals surface area contributed by atoms with Crippen molar-refractivity contribution in [1.82, 2.24) is 14.8 Å². The Morgan fingerprint density at radius 2 is 1.91 bits per heavy atom. The molecule has 6 nitrogen and oxygen atoms in total. The van der Waals surface area contributed by atoms with Gasteiger partial charge in [0.05, 0.1) is 5.75 Å². The van der Waals surface area contributed by atoms with Crippen LogP contribution in [0.1, 0.15) is 13.3 Å². The molecule has 0 N–H and O–H groups in total. The van der Waals surface area contributed by atoms with Gasteiger partial charge >= 0.3 is 0 Å². The van der Waals surface area contributed by atoms with E-state index in [2.05, 4.69) is 4.98 Å². The van der Waals surface area contributed by atoms with Crippen LogP contribution in [0, 0.1) is 0 Å². The quantitative estimate of drug-likeness (QED) is 0.804. The van der Waals surface area contributed by atoms with Gasteiger partial charge in [-0.25, -0.2) is 4.98 Å². The molecule has 0 saturated carbocycles. The van der Waals surface area contributed by atoms with Crippen LogP contribution in [0.3, 0.4) is 0 Å². The Hall–Kier alpha value is -2.02. The molecule has 1 aromatic heterocycles. The molecular weight excluding hydrogens is 314 g/mol. The summed E-state index contributed by atoms with van der Waals surface area (Å²) in [6.07, 6.45) is 0.818. The van der Waals surface area contributed by atoms with Gasteiger partial charge < -0.3 is 14.2 Å². The zero-order valence-electron chi connectivity index (χ0n) is 13.0. The lowest BCUT2D eigenvalue weighted by Gasteiger charge is -2.21. The van der Waals surface area contributed by atoms with Gasteiger partial charge in [-0.3, -0.25) is 9.59 Å². The maximum Gasteiger partial charge on any atom is 0.257 e. The number of hydrogen-bond donors (Lipinski definition) is 0. The molecule has 23 heavy (non-hydrogen) atoms. The number of para-hydroxylation sites is 2. The number of amides is 2. The van der Waals surface area contributed by atoms with Crippen molar-refractivity contribution in [3.8, 4) is 0 Å². The van der Waals surface area contributed by atoms with Crippen molar-refractivity contribution in [2.24, 2.45) is 0 Å². The first kappa shape index (κ1) is 15.9. The van der Waals surface area contributed by atoms with Crippen molar-refractivity contribution in [2.45, 2.75) is 18.6 Å². The van der Waals surface area contributed by atoms with E-state index in [1.54, 1.807) is 11.8 Å². The molecule has 0 atom stereocenters. The van der Waals surface area contributed by atoms with E-state index in [1.807, 2.05) is 29.2 Å². The molecule has 2 amide bonds. The lowest BCUT2D eigenvalue weighted by Crippen LogP contribution is -2.37. The van der Waals surface area contributed by atoms with Crippen LogP contribution in [0.15, 0.2) is 33.9 Å². The highest BCUT2D eigenvalue weighted by Crippen LogP contribution is 2.23. The summed E-state index contributed by atoms with van der Waals surface area (Å²) >= 11 is 1.31. The Morgan fingerprint density at radius 3 is 2.70 bits per heavy atom. The summed E-state index contributed by atoms with van der Waals surface area (Å²) in [6, 6.07) is 7.54. The highest BCUT2D eigenvalue weighted by atomic mass is 32.2. The first-order valence-corrected chi connectivity index (χ1v) is 8.64. The third kappa shape index (κ3) is 3.85. The van der Waals surface area contributed by atoms with Gasteiger partial charge in [-0.05, 0) is 18.6 Å². The van der Waals surface area contributed by atoms with Crippen LogP contribution in [-0.2, 0) is 9.59 Å². The molecule has 122 valence electrons. The number of rotatable bonds is 3. The summed E-state index contributed by atoms with van der Waals surface area (Å²) < 4.78 is 5.61. The number of hydrogen-bond acceptors (Lipinski definition) is 5. The summed E-state index contributed by atoms with van der Waals surface area (Å²) in [7, 11) is 0. The van der Waals surface area contributed by atoms with Gasteiger partial charge in [0.1, 0.15) is 5.52 Å². The Labute approximate surface area is 138 Å². The zero-order chi connectivity index (χ0) is 16.2. The number of carbonyl (C=O) groups is 2. The van der Waals surface area contributed by atoms with Crippen molar-refractivity contribution in [1.29, 1.82) is 0 Å². The summed E-state index contributed by atoms with van der Waals surface area (Å²) in [5.74, 6) is 0.426. The van der Waals surface area contributed by atoms with E-state index in [-0.39, 0.29) is 11.8 Å². The van der Waals surface area contributed by atoms with Gasteiger partial charge in [-0.2, -0.15) is 0 Å². The fraction of sp³-hybridized carbons (Fsp3) is 0.438. The first-order valence-electron chi connectivity index (χ1n) is 7.65. The third-order valence-electron chi connectivity index (χ3n) is 3.89. The molecule has 0 unspecified atom stereocenters. The lowest BCUT2D eigenvalue weighted by molar-refractivity contribution is -0.130. The van der Waals surface area contributed by atoms with E-state index in [9.17, 15) is 9.59 Å². The normalized spacial score (nSPS) is 15.7. The fourth-order valence-electron chi connectivity index (χ4n) is 2.61. The van der Waals surface area contributed by atoms with Gasteiger partial charge in [-0.15, -0.1) is 0 Å². The van der Waals surface area contributed by atoms with Gasteiger partial charge in [0.2, 0.25) is 11.8 Å². The van der Waals surface area contributed by atoms with E-state index in [4.69, 9.17) is 4.42 Å². The molecule has 2 heterocycles. The van der Waals surface area contributed by atoms with Crippen molar-refractivity contribution < 1.29 is 14.0 Å². The fourth-order valence-corrected chi connectivity index (χ4v) is 3.35. The second kappa shape index (κ2) is 7.04. The predicted molar refractivity (Wildman–Crippen MR) is 88.2 cm³/mol. The highest BCUT2D eigenvalue weighted by Gasteiger charge is 2.20. The summed E-state index contributed by atoms with van der Waals surface area (Å²) in [6.45, 7) is 4.18. The molecule has 1 fully saturated rings. The highest BCUT2D eigenvalue weighted by molar-refractivity contribution is 7.99. The number of aromatic nitrogens is 1. The number of nitrogens with zero attached hydrogens (tertiary/aromatic N) is 3. The largest absolute Gasteiger partial charge is 0.431 e. The second-order valence-corrected chi connectivity index (χ2v) is 6.40. The molecular formula is C16H19N3O3S. The summed E-state index contributed by atoms with van der Waals surface area (Å²) in [5.41, 5.74) is 1.53. The Morgan fingerprint density at radius 1 is 1.17 bits per heavy atom. The van der Waals surface area contributed by atoms with E-state index >= 15 is 0 Å². The van der Waals surface area contributed by atoms with Crippen molar-refractivity contribution in [3.05, 3.63) is 24.3 Å². The topological polar surface area (TPSA) is 66.7 Å². The van der Waals surface area contributed by atoms with Crippen LogP contribution in [0.2, 0.25) is 0 Å². The third-order valence-corrected chi connectivity index (χ3v) is 4.70. The van der Waals surface area contributed by atoms with E-state index in [0.717, 1.165) is 24.1 Å². The minimum atomic E-state index is 0.0580. The van der Waals surface area contributed by atoms with E-state index in [1.165, 1.54) is 11.8 Å². The number of carbonyl (C=O) groups excluding carboxylic acids is 2. The minimum Gasteiger partial charge on any atom is -0.431 e. The van der Waals surface area contributed by atoms with Crippen molar-refractivity contribution in [3.63, 3.8) is 0 Å². The number of oxazole rings is 1. The average molecular weight is 333 g/mol. The lowest BCUT2D eigenvalue weighted by atomic mass is 10.3. The summed E-state index contributed by atoms with van der Waals surface area (Å²) in [4.78, 5) is 31.7. The standard InChI is InChI=1S/C16H19N3O3S/c1-12(20)18-7-4-8-19(10-9-18)15(21)11-23-16-17-13-5-2-3-6-14(13)22-16/h2-3,5-6H,4,7-11H2,1H3. The van der Waals surface area contributed by atoms with Gasteiger partial charge in [-0.1, -0.05) is 23.9 Å². The van der Waals surface area contributed by atoms with Gasteiger partial charge in [0, 0.05) is 33.1 Å². The smallest absolute Gasteiger partial charge is 0.257 e. The summed E-state index contributed by atoms with van der Waals surface area (Å²) in [5, 5.41) is 0.514. The SMILES string of the molecule is CC(=O)N1CCCN(C(=O)CSc2nc3ccccc3o2)CC1. The first-order chi connectivity index (χ1) is 11.1. The molecule has 2 aromatic rings. The molecule has 1 aromatic carbocycles. The van der Waals surface area contributed by atoms with Crippen molar-refractivity contribution in [2.75, 3.05) is 31.9 Å². The van der Waals surface area contributed by atoms with Crippen LogP contribution < -0.4 is 0 Å². The van der Waals surface area contributed by atoms with Gasteiger partial charge in [0.25, 0.3) is 5.22 Å². The monoisotopic (exact) mass is 333 g/mol. The maximum absolute atomic E-state index is 12.3. The molecule has 3 rings (SSSR count). The molecule has 0 bridgehead atoms. The van der Waals surface area contributed by atoms with Crippen LogP contribution in [-0.4, -0.2) is 58.5 Å². The van der Waals surface area contributed by atoms with Crippen molar-refractivity contribution >= 4 is 34.7 Å². The maximum atomic E-state index is 12.3. The number of thioether (sulfide) groups is 1. The molecule has 1 saturated heterocycles. The Kier molecular flexibility index (Phi) is 4.85. The van der Waals surface area contributed by atoms with Crippen LogP contribution in [0.25, 0.3) is 11.1 Å². The minimum absolute atomic E-state index is 0.0580. The number of benzene rings is 1. The van der Waals surface area contributed by atoms with Crippen LogP contribution in [0.5, 0.6) is 0 Å². The molecule has 0 spiro atoms. The van der Waals surface area contributed by atoms with Crippen LogP contribution in [0.4, 0.5) is 0 Å². The Bertz CT molecular complexity index is 682. The van der Waals surface area contributed by atoms with Crippen LogP contribution >= 0.6 is 11.8 Å². The predicted octanol–water partition coefficient (Wildman–Crippen LogP) is 2.00. The Balaban J connectivity index is 1.55. The zero-order valence-corrected chi connectivity index (χ0v) is 13.8. The second-order valence-electron chi connectivity index (χ2n) is 5.48. The molecule has 0 aliphatic carbocycles. The molecule has 0 radical (unpaired) electrons. The molecule has 1 aliphatic rings. The van der Waals surface area contributed by atoms with Gasteiger partial charge in [0.15, 0.2) is 5.58 Å². The molecule has 7 heteroatoms. The van der Waals surface area contributed by atoms with E-state index < -0.39 is 0 Å².